The molecule has 0 aliphatic carbocycles. The highest BCUT2D eigenvalue weighted by Crippen LogP contribution is 2.25. The molecule has 1 aromatic rings. The van der Waals surface area contributed by atoms with Gasteiger partial charge in [-0.3, -0.25) is 14.6 Å². The standard InChI is InChI=1S/C14H13ClN4O2S/c1-17-11-10(12(20)18(2)14(17)21)19(13(22)16-11)7-8-3-5-9(15)6-4-8/h3-6,10H,7H2,1-2H3. The molecule has 3 rings (SSSR count). The van der Waals surface area contributed by atoms with Crippen LogP contribution >= 0.6 is 23.8 Å². The number of fused-ring (bicyclic) bond motifs is 1. The van der Waals surface area contributed by atoms with Crippen molar-refractivity contribution in [2.75, 3.05) is 14.1 Å². The molecule has 114 valence electrons. The molecule has 2 aliphatic heterocycles. The first kappa shape index (κ1) is 14.9. The molecule has 6 nitrogen and oxygen atoms in total. The van der Waals surface area contributed by atoms with Gasteiger partial charge in [-0.1, -0.05) is 23.7 Å². The smallest absolute Gasteiger partial charge is 0.324 e. The molecule has 2 heterocycles. The summed E-state index contributed by atoms with van der Waals surface area (Å²) in [4.78, 5) is 32.8. The van der Waals surface area contributed by atoms with Crippen LogP contribution in [0.15, 0.2) is 29.3 Å². The van der Waals surface area contributed by atoms with Crippen LogP contribution in [-0.2, 0) is 11.3 Å². The van der Waals surface area contributed by atoms with Crippen LogP contribution in [0.2, 0.25) is 5.02 Å². The number of benzene rings is 1. The Labute approximate surface area is 137 Å². The van der Waals surface area contributed by atoms with Gasteiger partial charge in [-0.15, -0.1) is 0 Å². The average molecular weight is 337 g/mol. The van der Waals surface area contributed by atoms with Gasteiger partial charge in [0.2, 0.25) is 0 Å². The Morgan fingerprint density at radius 2 is 1.82 bits per heavy atom. The molecule has 0 N–H and O–H groups in total. The number of urea groups is 1. The number of halogens is 1. The molecular weight excluding hydrogens is 324 g/mol. The minimum Gasteiger partial charge on any atom is -0.324 e. The number of carbonyl (C=O) groups excluding carboxylic acids is 2. The van der Waals surface area contributed by atoms with Crippen LogP contribution in [0.5, 0.6) is 0 Å². The van der Waals surface area contributed by atoms with E-state index in [1.165, 1.54) is 11.9 Å². The first-order valence-electron chi connectivity index (χ1n) is 6.59. The zero-order chi connectivity index (χ0) is 16.0. The monoisotopic (exact) mass is 336 g/mol. The fraction of sp³-hybridized carbons (Fsp3) is 0.286. The average Bonchev–Trinajstić information content (AvgIpc) is 2.82. The Hall–Kier alpha value is -1.99. The van der Waals surface area contributed by atoms with Gasteiger partial charge in [0.25, 0.3) is 5.91 Å². The van der Waals surface area contributed by atoms with Crippen LogP contribution in [0.25, 0.3) is 0 Å². The number of thiocarbonyl (C=S) groups is 1. The normalized spacial score (nSPS) is 21.4. The quantitative estimate of drug-likeness (QED) is 0.772. The highest BCUT2D eigenvalue weighted by atomic mass is 35.5. The van der Waals surface area contributed by atoms with Crippen molar-refractivity contribution in [1.82, 2.24) is 14.7 Å². The number of likely N-dealkylation sites (N-methyl/N-ethyl adjacent to an activating group) is 2. The third-order valence-electron chi connectivity index (χ3n) is 3.76. The first-order valence-corrected chi connectivity index (χ1v) is 7.37. The van der Waals surface area contributed by atoms with Gasteiger partial charge in [0, 0.05) is 25.7 Å². The summed E-state index contributed by atoms with van der Waals surface area (Å²) in [5.41, 5.74) is 0.957. The van der Waals surface area contributed by atoms with Crippen molar-refractivity contribution in [3.8, 4) is 0 Å². The molecule has 0 saturated carbocycles. The molecule has 0 bridgehead atoms. The van der Waals surface area contributed by atoms with Crippen molar-refractivity contribution >= 4 is 46.7 Å². The molecule has 22 heavy (non-hydrogen) atoms. The molecule has 1 unspecified atom stereocenters. The van der Waals surface area contributed by atoms with Gasteiger partial charge in [-0.25, -0.2) is 9.79 Å². The lowest BCUT2D eigenvalue weighted by atomic mass is 10.1. The van der Waals surface area contributed by atoms with Gasteiger partial charge in [0.1, 0.15) is 5.84 Å². The van der Waals surface area contributed by atoms with Crippen LogP contribution in [0.3, 0.4) is 0 Å². The van der Waals surface area contributed by atoms with E-state index in [9.17, 15) is 9.59 Å². The topological polar surface area (TPSA) is 56.2 Å². The zero-order valence-corrected chi connectivity index (χ0v) is 13.6. The number of aliphatic imine (C=N–C) groups is 1. The second-order valence-corrected chi connectivity index (χ2v) is 5.95. The van der Waals surface area contributed by atoms with Gasteiger partial charge in [-0.2, -0.15) is 0 Å². The molecule has 8 heteroatoms. The number of amides is 3. The maximum atomic E-state index is 12.4. The zero-order valence-electron chi connectivity index (χ0n) is 12.0. The minimum atomic E-state index is -0.657. The highest BCUT2D eigenvalue weighted by Gasteiger charge is 2.48. The molecule has 1 aromatic carbocycles. The molecule has 1 fully saturated rings. The van der Waals surface area contributed by atoms with Crippen molar-refractivity contribution in [2.24, 2.45) is 4.99 Å². The second kappa shape index (κ2) is 5.33. The number of hydrogen-bond donors (Lipinski definition) is 0. The van der Waals surface area contributed by atoms with Crippen molar-refractivity contribution in [3.05, 3.63) is 34.9 Å². The highest BCUT2D eigenvalue weighted by molar-refractivity contribution is 7.80. The van der Waals surface area contributed by atoms with Crippen molar-refractivity contribution in [2.45, 2.75) is 12.6 Å². The number of imide groups is 1. The van der Waals surface area contributed by atoms with E-state index in [-0.39, 0.29) is 5.91 Å². The van der Waals surface area contributed by atoms with Gasteiger partial charge >= 0.3 is 6.03 Å². The third-order valence-corrected chi connectivity index (χ3v) is 4.34. The fourth-order valence-electron chi connectivity index (χ4n) is 2.52. The van der Waals surface area contributed by atoms with E-state index in [4.69, 9.17) is 23.8 Å². The van der Waals surface area contributed by atoms with E-state index in [1.807, 2.05) is 12.1 Å². The number of rotatable bonds is 2. The Balaban J connectivity index is 1.91. The lowest BCUT2D eigenvalue weighted by Crippen LogP contribution is -2.62. The minimum absolute atomic E-state index is 0.304. The fourth-order valence-corrected chi connectivity index (χ4v) is 2.91. The first-order chi connectivity index (χ1) is 10.4. The van der Waals surface area contributed by atoms with Gasteiger partial charge in [0.05, 0.1) is 0 Å². The molecule has 0 aromatic heterocycles. The van der Waals surface area contributed by atoms with Crippen LogP contribution in [0, 0.1) is 0 Å². The third kappa shape index (κ3) is 2.26. The maximum Gasteiger partial charge on any atom is 0.331 e. The van der Waals surface area contributed by atoms with Gasteiger partial charge in [0.15, 0.2) is 11.2 Å². The van der Waals surface area contributed by atoms with E-state index in [0.29, 0.717) is 22.5 Å². The second-order valence-electron chi connectivity index (χ2n) is 5.15. The van der Waals surface area contributed by atoms with E-state index < -0.39 is 12.1 Å². The number of hydrogen-bond acceptors (Lipinski definition) is 3. The molecule has 1 atom stereocenters. The molecule has 0 spiro atoms. The molecular formula is C14H13ClN4O2S. The number of carbonyl (C=O) groups is 2. The predicted octanol–water partition coefficient (Wildman–Crippen LogP) is 1.73. The van der Waals surface area contributed by atoms with Crippen molar-refractivity contribution in [1.29, 1.82) is 0 Å². The molecule has 1 saturated heterocycles. The molecule has 2 aliphatic rings. The summed E-state index contributed by atoms with van der Waals surface area (Å²) in [5, 5.41) is 0.946. The van der Waals surface area contributed by atoms with E-state index in [2.05, 4.69) is 4.99 Å². The van der Waals surface area contributed by atoms with Gasteiger partial charge < -0.3 is 4.90 Å². The summed E-state index contributed by atoms with van der Waals surface area (Å²) in [6.45, 7) is 0.426. The van der Waals surface area contributed by atoms with E-state index >= 15 is 0 Å². The lowest BCUT2D eigenvalue weighted by molar-refractivity contribution is -0.130. The number of amidine groups is 1. The van der Waals surface area contributed by atoms with E-state index in [1.54, 1.807) is 24.1 Å². The van der Waals surface area contributed by atoms with Crippen LogP contribution in [-0.4, -0.2) is 57.7 Å². The van der Waals surface area contributed by atoms with Crippen LogP contribution < -0.4 is 0 Å². The molecule has 3 amide bonds. The largest absolute Gasteiger partial charge is 0.331 e. The van der Waals surface area contributed by atoms with Crippen molar-refractivity contribution < 1.29 is 9.59 Å². The Bertz CT molecular complexity index is 703. The summed E-state index contributed by atoms with van der Waals surface area (Å²) in [5.74, 6) is 0.0581. The van der Waals surface area contributed by atoms with Crippen LogP contribution in [0.4, 0.5) is 4.79 Å². The summed E-state index contributed by atoms with van der Waals surface area (Å²) in [7, 11) is 3.05. The van der Waals surface area contributed by atoms with E-state index in [0.717, 1.165) is 10.5 Å². The van der Waals surface area contributed by atoms with Crippen molar-refractivity contribution in [3.63, 3.8) is 0 Å². The Morgan fingerprint density at radius 1 is 1.18 bits per heavy atom. The maximum absolute atomic E-state index is 12.4. The summed E-state index contributed by atoms with van der Waals surface area (Å²) in [6.07, 6.45) is 0. The summed E-state index contributed by atoms with van der Waals surface area (Å²) in [6, 6.07) is 6.24. The van der Waals surface area contributed by atoms with Gasteiger partial charge in [-0.05, 0) is 29.9 Å². The lowest BCUT2D eigenvalue weighted by Gasteiger charge is -2.36. The number of nitrogens with zero attached hydrogens (tertiary/aromatic N) is 4. The summed E-state index contributed by atoms with van der Waals surface area (Å²) >= 11 is 11.1. The predicted molar refractivity (Wildman–Crippen MR) is 86.7 cm³/mol. The SMILES string of the molecule is CN1C(=O)C2C(=NC(=S)N2Cc2ccc(Cl)cc2)N(C)C1=O. The Morgan fingerprint density at radius 3 is 2.45 bits per heavy atom. The Kier molecular flexibility index (Phi) is 3.62. The van der Waals surface area contributed by atoms with Crippen LogP contribution in [0.1, 0.15) is 5.56 Å². The summed E-state index contributed by atoms with van der Waals surface area (Å²) < 4.78 is 0. The molecule has 0 radical (unpaired) electrons.